The molecule has 2 aromatic rings. The highest BCUT2D eigenvalue weighted by molar-refractivity contribution is 14.1. The van der Waals surface area contributed by atoms with E-state index < -0.39 is 0 Å². The minimum atomic E-state index is -0.235. The summed E-state index contributed by atoms with van der Waals surface area (Å²) in [6.07, 6.45) is 2.56. The summed E-state index contributed by atoms with van der Waals surface area (Å²) in [6.45, 7) is 15.8. The van der Waals surface area contributed by atoms with Crippen molar-refractivity contribution in [3.05, 3.63) is 59.2 Å². The monoisotopic (exact) mass is 634 g/mol. The summed E-state index contributed by atoms with van der Waals surface area (Å²) in [4.78, 5) is 25.6. The maximum Gasteiger partial charge on any atom is 0.241 e. The minimum absolute atomic E-state index is 0.141. The number of hydrogen-bond donors (Lipinski definition) is 1. The normalized spacial score (nSPS) is 26.5. The first kappa shape index (κ1) is 27.9. The number of benzene rings is 1. The van der Waals surface area contributed by atoms with Gasteiger partial charge in [0.2, 0.25) is 5.91 Å². The van der Waals surface area contributed by atoms with Crippen molar-refractivity contribution < 1.29 is 9.18 Å². The predicted octanol–water partition coefficient (Wildman–Crippen LogP) is 3.45. The van der Waals surface area contributed by atoms with Gasteiger partial charge >= 0.3 is 0 Å². The van der Waals surface area contributed by atoms with Crippen LogP contribution in [-0.4, -0.2) is 94.3 Å². The molecule has 1 N–H and O–H groups in total. The molecule has 2 saturated heterocycles. The lowest BCUT2D eigenvalue weighted by Crippen LogP contribution is -2.62. The van der Waals surface area contributed by atoms with Gasteiger partial charge in [-0.1, -0.05) is 26.0 Å². The van der Waals surface area contributed by atoms with Gasteiger partial charge in [-0.2, -0.15) is 0 Å². The largest absolute Gasteiger partial charge is 0.311 e. The van der Waals surface area contributed by atoms with Gasteiger partial charge in [-0.25, -0.2) is 7.50 Å². The van der Waals surface area contributed by atoms with Gasteiger partial charge < -0.3 is 10.2 Å². The van der Waals surface area contributed by atoms with Crippen LogP contribution in [0.1, 0.15) is 44.5 Å². The zero-order valence-electron chi connectivity index (χ0n) is 23.0. The maximum atomic E-state index is 13.9. The second-order valence-electron chi connectivity index (χ2n) is 12.0. The van der Waals surface area contributed by atoms with E-state index in [9.17, 15) is 9.18 Å². The quantitative estimate of drug-likeness (QED) is 0.389. The molecule has 5 rings (SSSR count). The molecule has 3 aliphatic heterocycles. The fourth-order valence-corrected chi connectivity index (χ4v) is 6.88. The Kier molecular flexibility index (Phi) is 8.40. The van der Waals surface area contributed by atoms with Crippen molar-refractivity contribution >= 4 is 34.5 Å². The van der Waals surface area contributed by atoms with E-state index in [4.69, 9.17) is 4.98 Å². The Morgan fingerprint density at radius 2 is 1.89 bits per heavy atom. The van der Waals surface area contributed by atoms with Crippen molar-refractivity contribution in [3.8, 4) is 0 Å². The van der Waals surface area contributed by atoms with Crippen molar-refractivity contribution in [1.82, 2.24) is 23.2 Å². The Morgan fingerprint density at radius 3 is 2.63 bits per heavy atom. The lowest BCUT2D eigenvalue weighted by atomic mass is 9.91. The van der Waals surface area contributed by atoms with Gasteiger partial charge in [0.15, 0.2) is 0 Å². The molecule has 206 valence electrons. The van der Waals surface area contributed by atoms with Gasteiger partial charge in [0.1, 0.15) is 5.82 Å². The Morgan fingerprint density at radius 1 is 1.13 bits per heavy atom. The first-order valence-electron chi connectivity index (χ1n) is 13.8. The van der Waals surface area contributed by atoms with E-state index in [-0.39, 0.29) is 17.1 Å². The smallest absolute Gasteiger partial charge is 0.241 e. The van der Waals surface area contributed by atoms with E-state index in [0.29, 0.717) is 37.6 Å². The van der Waals surface area contributed by atoms with Gasteiger partial charge in [-0.05, 0) is 49.6 Å². The Hall–Kier alpha value is -1.66. The van der Waals surface area contributed by atoms with Gasteiger partial charge in [0.05, 0.1) is 17.9 Å². The fraction of sp³-hybridized carbons (Fsp3) is 0.586. The van der Waals surface area contributed by atoms with Crippen LogP contribution in [0.2, 0.25) is 0 Å². The van der Waals surface area contributed by atoms with E-state index in [1.165, 1.54) is 12.1 Å². The second kappa shape index (κ2) is 11.4. The zero-order chi connectivity index (χ0) is 27.0. The SMILES string of the molecule is CC1CN(I)CCN1C[C@H]1CN[C@H](C)CN1CC(=O)N1CC(C)(C)c2ncc(Cc3ccc(F)cc3)cc21. The van der Waals surface area contributed by atoms with Crippen LogP contribution in [0.3, 0.4) is 0 Å². The van der Waals surface area contributed by atoms with Gasteiger partial charge in [-0.3, -0.25) is 19.6 Å². The lowest BCUT2D eigenvalue weighted by Gasteiger charge is -2.44. The predicted molar refractivity (Wildman–Crippen MR) is 158 cm³/mol. The molecular formula is C29H40FIN6O. The average molecular weight is 635 g/mol. The summed E-state index contributed by atoms with van der Waals surface area (Å²) in [5.74, 6) is -0.0941. The van der Waals surface area contributed by atoms with Crippen molar-refractivity contribution in [1.29, 1.82) is 0 Å². The van der Waals surface area contributed by atoms with E-state index in [2.05, 4.69) is 74.9 Å². The molecule has 1 unspecified atom stereocenters. The number of aromatic nitrogens is 1. The van der Waals surface area contributed by atoms with Crippen molar-refractivity contribution in [2.24, 2.45) is 0 Å². The van der Waals surface area contributed by atoms with Crippen molar-refractivity contribution in [3.63, 3.8) is 0 Å². The van der Waals surface area contributed by atoms with E-state index in [0.717, 1.165) is 61.8 Å². The summed E-state index contributed by atoms with van der Waals surface area (Å²) in [7, 11) is 0. The Balaban J connectivity index is 1.32. The van der Waals surface area contributed by atoms with E-state index in [1.54, 1.807) is 0 Å². The highest BCUT2D eigenvalue weighted by atomic mass is 127. The van der Waals surface area contributed by atoms with Crippen LogP contribution in [0.15, 0.2) is 36.5 Å². The molecule has 0 saturated carbocycles. The summed E-state index contributed by atoms with van der Waals surface area (Å²) in [5.41, 5.74) is 3.75. The maximum absolute atomic E-state index is 13.9. The molecule has 0 spiro atoms. The first-order valence-corrected chi connectivity index (χ1v) is 14.7. The number of piperazine rings is 2. The molecule has 0 radical (unpaired) electrons. The number of nitrogens with one attached hydrogen (secondary N) is 1. The van der Waals surface area contributed by atoms with Crippen molar-refractivity contribution in [2.75, 3.05) is 57.3 Å². The number of rotatable bonds is 6. The van der Waals surface area contributed by atoms with Gasteiger partial charge in [0, 0.05) is 98.4 Å². The zero-order valence-corrected chi connectivity index (χ0v) is 25.1. The molecule has 7 nitrogen and oxygen atoms in total. The number of amides is 1. The fourth-order valence-electron chi connectivity index (χ4n) is 6.09. The molecule has 2 fully saturated rings. The average Bonchev–Trinajstić information content (AvgIpc) is 3.14. The lowest BCUT2D eigenvalue weighted by molar-refractivity contribution is -0.120. The minimum Gasteiger partial charge on any atom is -0.311 e. The molecular weight excluding hydrogens is 594 g/mol. The summed E-state index contributed by atoms with van der Waals surface area (Å²) < 4.78 is 15.7. The van der Waals surface area contributed by atoms with Crippen LogP contribution in [-0.2, 0) is 16.6 Å². The van der Waals surface area contributed by atoms with Crippen LogP contribution in [0.4, 0.5) is 10.1 Å². The highest BCUT2D eigenvalue weighted by Gasteiger charge is 2.41. The molecule has 0 aliphatic carbocycles. The topological polar surface area (TPSA) is 55.0 Å². The van der Waals surface area contributed by atoms with Gasteiger partial charge in [0.25, 0.3) is 0 Å². The number of halogens is 2. The molecule has 4 heterocycles. The third kappa shape index (κ3) is 6.22. The number of anilines is 1. The first-order chi connectivity index (χ1) is 18.1. The van der Waals surface area contributed by atoms with E-state index >= 15 is 0 Å². The highest BCUT2D eigenvalue weighted by Crippen LogP contribution is 2.39. The molecule has 9 heteroatoms. The molecule has 0 bridgehead atoms. The van der Waals surface area contributed by atoms with Crippen LogP contribution >= 0.6 is 22.9 Å². The van der Waals surface area contributed by atoms with Crippen LogP contribution in [0, 0.1) is 5.82 Å². The summed E-state index contributed by atoms with van der Waals surface area (Å²) in [6, 6.07) is 9.87. The van der Waals surface area contributed by atoms with Crippen molar-refractivity contribution in [2.45, 2.75) is 57.7 Å². The van der Waals surface area contributed by atoms with Crippen LogP contribution in [0.25, 0.3) is 0 Å². The summed E-state index contributed by atoms with van der Waals surface area (Å²) >= 11 is 2.42. The molecule has 1 aromatic carbocycles. The number of hydrogen-bond acceptors (Lipinski definition) is 6. The molecule has 1 amide bonds. The standard InChI is InChI=1S/C29H40FIN6O/c1-20-15-35(25(14-32-20)17-34-9-10-36(31)16-21(34)2)18-27(38)37-19-29(3,4)28-26(37)12-23(13-33-28)11-22-5-7-24(30)8-6-22/h5-8,12-13,20-21,25,32H,9-11,14-19H2,1-4H3/t20-,21?,25-/m1/s1. The number of carbonyl (C=O) groups is 1. The number of nitrogens with zero attached hydrogens (tertiary/aromatic N) is 5. The van der Waals surface area contributed by atoms with Gasteiger partial charge in [-0.15, -0.1) is 0 Å². The third-order valence-electron chi connectivity index (χ3n) is 8.26. The Labute approximate surface area is 240 Å². The summed E-state index contributed by atoms with van der Waals surface area (Å²) in [5, 5.41) is 3.64. The number of fused-ring (bicyclic) bond motifs is 1. The van der Waals surface area contributed by atoms with E-state index in [1.807, 2.05) is 23.2 Å². The number of carbonyl (C=O) groups excluding carboxylic acids is 1. The molecule has 38 heavy (non-hydrogen) atoms. The third-order valence-corrected chi connectivity index (χ3v) is 9.13. The Bertz CT molecular complexity index is 1140. The van der Waals surface area contributed by atoms with Crippen LogP contribution < -0.4 is 10.2 Å². The molecule has 1 aromatic heterocycles. The number of pyridine rings is 1. The van der Waals surface area contributed by atoms with Crippen LogP contribution in [0.5, 0.6) is 0 Å². The molecule has 3 atom stereocenters. The molecule has 3 aliphatic rings. The second-order valence-corrected chi connectivity index (χ2v) is 13.3.